The second-order valence-electron chi connectivity index (χ2n) is 7.87. The van der Waals surface area contributed by atoms with E-state index in [9.17, 15) is 13.6 Å². The van der Waals surface area contributed by atoms with Crippen LogP contribution in [0.15, 0.2) is 30.5 Å². The van der Waals surface area contributed by atoms with E-state index in [1.54, 1.807) is 11.1 Å². The fourth-order valence-corrected chi connectivity index (χ4v) is 4.42. The first-order valence-corrected chi connectivity index (χ1v) is 11.7. The van der Waals surface area contributed by atoms with Crippen LogP contribution in [0, 0.1) is 12.8 Å². The Balaban J connectivity index is 0.00000125. The molecule has 9 heteroatoms. The van der Waals surface area contributed by atoms with Gasteiger partial charge in [-0.05, 0) is 50.4 Å². The number of hydrogen-bond donors (Lipinski definition) is 1. The van der Waals surface area contributed by atoms with Crippen LogP contribution in [0.25, 0.3) is 21.3 Å². The summed E-state index contributed by atoms with van der Waals surface area (Å²) in [6.07, 6.45) is 2.86. The maximum Gasteiger partial charge on any atom is 0.257 e. The van der Waals surface area contributed by atoms with Crippen molar-refractivity contribution in [2.75, 3.05) is 25.0 Å². The van der Waals surface area contributed by atoms with E-state index >= 15 is 0 Å². The Morgan fingerprint density at radius 3 is 2.56 bits per heavy atom. The van der Waals surface area contributed by atoms with E-state index in [4.69, 9.17) is 0 Å². The fourth-order valence-electron chi connectivity index (χ4n) is 3.73. The molecule has 0 atom stereocenters. The largest absolute Gasteiger partial charge is 0.310 e. The van der Waals surface area contributed by atoms with Crippen LogP contribution in [0.1, 0.15) is 40.0 Å². The molecule has 1 amide bonds. The molecular formula is C23H31F2N5OS. The Kier molecular flexibility index (Phi) is 7.84. The van der Waals surface area contributed by atoms with Crippen molar-refractivity contribution in [3.8, 4) is 10.6 Å². The van der Waals surface area contributed by atoms with Crippen molar-refractivity contribution in [1.82, 2.24) is 20.1 Å². The standard InChI is InChI=1S/C21H23F2N5OS.C2H6.H2/c1-13-26-27-20(30-13)15-3-4-16-11-24-18(10-17(16)9-15)25-19(29)14-5-7-28(8-6-14)12-21(2,22)23;1-2;/h3-4,9-11,14H,5-8,12H2,1-2H3,(H,24,25,29);1-2H3;1H. The number of alkyl halides is 2. The number of amides is 1. The SMILES string of the molecule is CC.Cc1nnc(-c2ccc3cnc(NC(=O)C4CCN(CC(C)(F)F)CC4)cc3c2)s1.[HH]. The molecule has 0 radical (unpaired) electrons. The molecule has 0 spiro atoms. The molecule has 0 bridgehead atoms. The van der Waals surface area contributed by atoms with Crippen molar-refractivity contribution >= 4 is 33.8 Å². The number of aromatic nitrogens is 3. The number of hydrogen-bond acceptors (Lipinski definition) is 6. The fraction of sp³-hybridized carbons (Fsp3) is 0.478. The highest BCUT2D eigenvalue weighted by atomic mass is 32.1. The van der Waals surface area contributed by atoms with Gasteiger partial charge < -0.3 is 5.32 Å². The monoisotopic (exact) mass is 463 g/mol. The summed E-state index contributed by atoms with van der Waals surface area (Å²) in [6.45, 7) is 7.57. The van der Waals surface area contributed by atoms with Gasteiger partial charge in [-0.25, -0.2) is 13.8 Å². The van der Waals surface area contributed by atoms with Crippen LogP contribution >= 0.6 is 11.3 Å². The summed E-state index contributed by atoms with van der Waals surface area (Å²) >= 11 is 1.53. The number of piperidine rings is 1. The Labute approximate surface area is 192 Å². The van der Waals surface area contributed by atoms with Gasteiger partial charge in [0.25, 0.3) is 5.92 Å². The summed E-state index contributed by atoms with van der Waals surface area (Å²) < 4.78 is 26.4. The summed E-state index contributed by atoms with van der Waals surface area (Å²) in [4.78, 5) is 18.7. The third-order valence-electron chi connectivity index (χ3n) is 5.21. The number of nitrogens with one attached hydrogen (secondary N) is 1. The van der Waals surface area contributed by atoms with Crippen molar-refractivity contribution in [3.05, 3.63) is 35.5 Å². The van der Waals surface area contributed by atoms with E-state index in [-0.39, 0.29) is 19.8 Å². The molecule has 1 aliphatic rings. The minimum Gasteiger partial charge on any atom is -0.310 e. The Hall–Kier alpha value is -2.52. The van der Waals surface area contributed by atoms with Crippen LogP contribution in [0.3, 0.4) is 0 Å². The first-order chi connectivity index (χ1) is 15.3. The zero-order valence-corrected chi connectivity index (χ0v) is 19.7. The van der Waals surface area contributed by atoms with E-state index in [0.717, 1.165) is 33.3 Å². The predicted octanol–water partition coefficient (Wildman–Crippen LogP) is 5.64. The van der Waals surface area contributed by atoms with Gasteiger partial charge in [0.1, 0.15) is 15.8 Å². The average Bonchev–Trinajstić information content (AvgIpc) is 3.20. The zero-order chi connectivity index (χ0) is 23.3. The van der Waals surface area contributed by atoms with E-state index in [0.29, 0.717) is 31.7 Å². The number of carbonyl (C=O) groups is 1. The molecular weight excluding hydrogens is 432 g/mol. The highest BCUT2D eigenvalue weighted by Gasteiger charge is 2.30. The number of nitrogens with zero attached hydrogens (tertiary/aromatic N) is 4. The topological polar surface area (TPSA) is 71.0 Å². The number of benzene rings is 1. The molecule has 174 valence electrons. The lowest BCUT2D eigenvalue weighted by Gasteiger charge is -2.32. The Bertz CT molecular complexity index is 1060. The van der Waals surface area contributed by atoms with Gasteiger partial charge in [-0.15, -0.1) is 10.2 Å². The zero-order valence-electron chi connectivity index (χ0n) is 18.9. The smallest absolute Gasteiger partial charge is 0.257 e. The number of pyridine rings is 1. The van der Waals surface area contributed by atoms with Gasteiger partial charge >= 0.3 is 0 Å². The second-order valence-corrected chi connectivity index (χ2v) is 9.05. The van der Waals surface area contributed by atoms with E-state index in [1.807, 2.05) is 45.0 Å². The van der Waals surface area contributed by atoms with Crippen LogP contribution in [-0.2, 0) is 4.79 Å². The number of rotatable bonds is 5. The number of anilines is 1. The van der Waals surface area contributed by atoms with Crippen molar-refractivity contribution in [2.45, 2.75) is 46.5 Å². The third kappa shape index (κ3) is 6.26. The molecule has 3 heterocycles. The molecule has 1 aliphatic heterocycles. The van der Waals surface area contributed by atoms with Gasteiger partial charge in [0.05, 0.1) is 6.54 Å². The number of halogens is 2. The third-order valence-corrected chi connectivity index (χ3v) is 6.09. The highest BCUT2D eigenvalue weighted by Crippen LogP contribution is 2.28. The van der Waals surface area contributed by atoms with Gasteiger partial charge in [-0.2, -0.15) is 0 Å². The molecule has 32 heavy (non-hydrogen) atoms. The van der Waals surface area contributed by atoms with Crippen molar-refractivity contribution in [3.63, 3.8) is 0 Å². The number of aryl methyl sites for hydroxylation is 1. The molecule has 6 nitrogen and oxygen atoms in total. The molecule has 1 saturated heterocycles. The molecule has 0 aliphatic carbocycles. The quantitative estimate of drug-likeness (QED) is 0.530. The van der Waals surface area contributed by atoms with Gasteiger partial charge in [0.2, 0.25) is 5.91 Å². The molecule has 3 aromatic rings. The lowest BCUT2D eigenvalue weighted by atomic mass is 9.95. The predicted molar refractivity (Wildman–Crippen MR) is 127 cm³/mol. The van der Waals surface area contributed by atoms with E-state index in [1.165, 1.54) is 11.3 Å². The molecule has 1 fully saturated rings. The van der Waals surface area contributed by atoms with Crippen LogP contribution in [-0.4, -0.2) is 51.5 Å². The molecule has 1 N–H and O–H groups in total. The van der Waals surface area contributed by atoms with Gasteiger partial charge in [0.15, 0.2) is 0 Å². The molecule has 4 rings (SSSR count). The molecule has 0 saturated carbocycles. The Morgan fingerprint density at radius 2 is 1.94 bits per heavy atom. The van der Waals surface area contributed by atoms with Gasteiger partial charge in [0, 0.05) is 31.4 Å². The Morgan fingerprint density at radius 1 is 1.22 bits per heavy atom. The molecule has 1 aromatic carbocycles. The summed E-state index contributed by atoms with van der Waals surface area (Å²) in [5.74, 6) is -2.53. The minimum atomic E-state index is -2.71. The highest BCUT2D eigenvalue weighted by molar-refractivity contribution is 7.14. The van der Waals surface area contributed by atoms with Crippen LogP contribution in [0.4, 0.5) is 14.6 Å². The first-order valence-electron chi connectivity index (χ1n) is 10.9. The molecule has 2 aromatic heterocycles. The second kappa shape index (κ2) is 10.4. The average molecular weight is 464 g/mol. The summed E-state index contributed by atoms with van der Waals surface area (Å²) in [5.41, 5.74) is 0.969. The van der Waals surface area contributed by atoms with Gasteiger partial charge in [-0.1, -0.05) is 37.3 Å². The molecule has 0 unspecified atom stereocenters. The minimum absolute atomic E-state index is 0. The maximum absolute atomic E-state index is 13.2. The van der Waals surface area contributed by atoms with Crippen LogP contribution < -0.4 is 5.32 Å². The lowest BCUT2D eigenvalue weighted by molar-refractivity contribution is -0.121. The maximum atomic E-state index is 13.2. The van der Waals surface area contributed by atoms with Crippen LogP contribution in [0.5, 0.6) is 0 Å². The van der Waals surface area contributed by atoms with Crippen LogP contribution in [0.2, 0.25) is 0 Å². The van der Waals surface area contributed by atoms with Crippen molar-refractivity contribution < 1.29 is 15.0 Å². The summed E-state index contributed by atoms with van der Waals surface area (Å²) in [7, 11) is 0. The summed E-state index contributed by atoms with van der Waals surface area (Å²) in [5, 5.41) is 14.8. The number of carbonyl (C=O) groups excluding carboxylic acids is 1. The normalized spacial score (nSPS) is 15.3. The number of likely N-dealkylation sites (tertiary alicyclic amines) is 1. The van der Waals surface area contributed by atoms with E-state index < -0.39 is 5.92 Å². The first kappa shape index (κ1) is 24.1. The summed E-state index contributed by atoms with van der Waals surface area (Å²) in [6, 6.07) is 7.81. The van der Waals surface area contributed by atoms with Crippen molar-refractivity contribution in [2.24, 2.45) is 5.92 Å². The van der Waals surface area contributed by atoms with E-state index in [2.05, 4.69) is 20.5 Å². The lowest BCUT2D eigenvalue weighted by Crippen LogP contribution is -2.42. The van der Waals surface area contributed by atoms with Crippen molar-refractivity contribution in [1.29, 1.82) is 0 Å². The van der Waals surface area contributed by atoms with Gasteiger partial charge in [-0.3, -0.25) is 9.69 Å². The number of fused-ring (bicyclic) bond motifs is 1.